The molecule has 0 saturated heterocycles. The van der Waals surface area contributed by atoms with E-state index in [0.29, 0.717) is 36.8 Å². The molecule has 0 aromatic heterocycles. The summed E-state index contributed by atoms with van der Waals surface area (Å²) in [5, 5.41) is 3.15. The molecule has 0 aliphatic carbocycles. The molecule has 0 radical (unpaired) electrons. The molecule has 110 valence electrons. The molecule has 6 heteroatoms. The van der Waals surface area contributed by atoms with Crippen LogP contribution in [0, 0.1) is 11.6 Å². The van der Waals surface area contributed by atoms with Gasteiger partial charge in [0.05, 0.1) is 5.69 Å². The first-order valence-electron chi connectivity index (χ1n) is 6.40. The molecule has 0 atom stereocenters. The molecular weight excluding hydrogens is 344 g/mol. The highest BCUT2D eigenvalue weighted by Gasteiger charge is 2.14. The van der Waals surface area contributed by atoms with Crippen LogP contribution in [-0.4, -0.2) is 13.2 Å². The predicted molar refractivity (Wildman–Crippen MR) is 78.8 cm³/mol. The first kappa shape index (κ1) is 14.1. The van der Waals surface area contributed by atoms with E-state index in [2.05, 4.69) is 21.2 Å². The molecule has 0 saturated carbocycles. The molecule has 0 spiro atoms. The Morgan fingerprint density at radius 2 is 1.71 bits per heavy atom. The van der Waals surface area contributed by atoms with Crippen LogP contribution in [0.2, 0.25) is 0 Å². The summed E-state index contributed by atoms with van der Waals surface area (Å²) >= 11 is 3.44. The maximum Gasteiger partial charge on any atom is 0.163 e. The lowest BCUT2D eigenvalue weighted by atomic mass is 10.2. The molecule has 1 heterocycles. The van der Waals surface area contributed by atoms with Crippen LogP contribution in [0.1, 0.15) is 5.56 Å². The fourth-order valence-corrected chi connectivity index (χ4v) is 2.51. The van der Waals surface area contributed by atoms with Crippen molar-refractivity contribution in [3.05, 3.63) is 52.0 Å². The van der Waals surface area contributed by atoms with Crippen molar-refractivity contribution >= 4 is 21.6 Å². The van der Waals surface area contributed by atoms with Crippen molar-refractivity contribution in [2.45, 2.75) is 6.54 Å². The second-order valence-corrected chi connectivity index (χ2v) is 5.43. The molecule has 0 unspecified atom stereocenters. The maximum absolute atomic E-state index is 13.2. The highest BCUT2D eigenvalue weighted by Crippen LogP contribution is 2.38. The molecule has 2 aromatic rings. The zero-order valence-corrected chi connectivity index (χ0v) is 12.5. The number of rotatable bonds is 3. The summed E-state index contributed by atoms with van der Waals surface area (Å²) in [4.78, 5) is 0. The quantitative estimate of drug-likeness (QED) is 0.898. The van der Waals surface area contributed by atoms with E-state index in [1.54, 1.807) is 0 Å². The molecular formula is C15H12BrF2NO2. The molecule has 1 aliphatic heterocycles. The van der Waals surface area contributed by atoms with E-state index < -0.39 is 11.6 Å². The van der Waals surface area contributed by atoms with Gasteiger partial charge in [-0.1, -0.05) is 6.07 Å². The smallest absolute Gasteiger partial charge is 0.163 e. The van der Waals surface area contributed by atoms with Crippen LogP contribution in [0.25, 0.3) is 0 Å². The highest BCUT2D eigenvalue weighted by molar-refractivity contribution is 9.10. The molecule has 3 rings (SSSR count). The number of hydrogen-bond acceptors (Lipinski definition) is 3. The second kappa shape index (κ2) is 5.89. The molecule has 1 aliphatic rings. The van der Waals surface area contributed by atoms with Gasteiger partial charge in [-0.05, 0) is 33.6 Å². The standard InChI is InChI=1S/C15H12BrF2NO2/c16-10-6-14-15(21-4-3-20-14)7-13(10)19-8-9-1-2-11(17)12(18)5-9/h1-2,5-7,19H,3-4,8H2. The highest BCUT2D eigenvalue weighted by atomic mass is 79.9. The van der Waals surface area contributed by atoms with Gasteiger partial charge in [0.1, 0.15) is 13.2 Å². The number of nitrogens with one attached hydrogen (secondary N) is 1. The monoisotopic (exact) mass is 355 g/mol. The minimum atomic E-state index is -0.851. The third kappa shape index (κ3) is 3.10. The van der Waals surface area contributed by atoms with Crippen LogP contribution in [0.15, 0.2) is 34.8 Å². The van der Waals surface area contributed by atoms with Gasteiger partial charge in [-0.25, -0.2) is 8.78 Å². The first-order valence-corrected chi connectivity index (χ1v) is 7.20. The van der Waals surface area contributed by atoms with Crippen LogP contribution in [-0.2, 0) is 6.54 Å². The average Bonchev–Trinajstić information content (AvgIpc) is 2.48. The summed E-state index contributed by atoms with van der Waals surface area (Å²) in [6.07, 6.45) is 0. The summed E-state index contributed by atoms with van der Waals surface area (Å²) in [7, 11) is 0. The average molecular weight is 356 g/mol. The lowest BCUT2D eigenvalue weighted by molar-refractivity contribution is 0.171. The zero-order chi connectivity index (χ0) is 14.8. The van der Waals surface area contributed by atoms with E-state index >= 15 is 0 Å². The van der Waals surface area contributed by atoms with Crippen molar-refractivity contribution in [2.24, 2.45) is 0 Å². The zero-order valence-electron chi connectivity index (χ0n) is 11.0. The van der Waals surface area contributed by atoms with Crippen molar-refractivity contribution in [3.63, 3.8) is 0 Å². The van der Waals surface area contributed by atoms with Gasteiger partial charge in [0, 0.05) is 23.2 Å². The van der Waals surface area contributed by atoms with E-state index in [1.807, 2.05) is 12.1 Å². The lowest BCUT2D eigenvalue weighted by Crippen LogP contribution is -2.15. The minimum Gasteiger partial charge on any atom is -0.486 e. The number of benzene rings is 2. The van der Waals surface area contributed by atoms with E-state index in [9.17, 15) is 8.78 Å². The van der Waals surface area contributed by atoms with E-state index in [-0.39, 0.29) is 0 Å². The van der Waals surface area contributed by atoms with Crippen LogP contribution in [0.3, 0.4) is 0 Å². The van der Waals surface area contributed by atoms with Gasteiger partial charge in [-0.3, -0.25) is 0 Å². The number of hydrogen-bond donors (Lipinski definition) is 1. The van der Waals surface area contributed by atoms with E-state index in [1.165, 1.54) is 12.1 Å². The van der Waals surface area contributed by atoms with Gasteiger partial charge in [0.15, 0.2) is 23.1 Å². The van der Waals surface area contributed by atoms with Crippen LogP contribution < -0.4 is 14.8 Å². The topological polar surface area (TPSA) is 30.5 Å². The van der Waals surface area contributed by atoms with Crippen molar-refractivity contribution in [3.8, 4) is 11.5 Å². The third-order valence-corrected chi connectivity index (χ3v) is 3.75. The number of ether oxygens (including phenoxy) is 2. The minimum absolute atomic E-state index is 0.370. The first-order chi connectivity index (χ1) is 10.1. The molecule has 1 N–H and O–H groups in total. The Balaban J connectivity index is 1.77. The van der Waals surface area contributed by atoms with Gasteiger partial charge >= 0.3 is 0 Å². The Labute approximate surface area is 129 Å². The fraction of sp³-hybridized carbons (Fsp3) is 0.200. The lowest BCUT2D eigenvalue weighted by Gasteiger charge is -2.20. The Hall–Kier alpha value is -1.82. The van der Waals surface area contributed by atoms with Gasteiger partial charge in [0.2, 0.25) is 0 Å². The van der Waals surface area contributed by atoms with Gasteiger partial charge in [0.25, 0.3) is 0 Å². The van der Waals surface area contributed by atoms with E-state index in [0.717, 1.165) is 16.2 Å². The molecule has 21 heavy (non-hydrogen) atoms. The van der Waals surface area contributed by atoms with E-state index in [4.69, 9.17) is 9.47 Å². The summed E-state index contributed by atoms with van der Waals surface area (Å²) in [6.45, 7) is 1.41. The SMILES string of the molecule is Fc1ccc(CNc2cc3c(cc2Br)OCCO3)cc1F. The second-order valence-electron chi connectivity index (χ2n) is 4.58. The fourth-order valence-electron chi connectivity index (χ4n) is 2.05. The summed E-state index contributed by atoms with van der Waals surface area (Å²) < 4.78 is 37.8. The van der Waals surface area contributed by atoms with Crippen molar-refractivity contribution < 1.29 is 18.3 Å². The normalized spacial score (nSPS) is 13.1. The van der Waals surface area contributed by atoms with Crippen LogP contribution in [0.4, 0.5) is 14.5 Å². The summed E-state index contributed by atoms with van der Waals surface area (Å²) in [6, 6.07) is 7.47. The Morgan fingerprint density at radius 3 is 2.43 bits per heavy atom. The van der Waals surface area contributed by atoms with Gasteiger partial charge in [-0.15, -0.1) is 0 Å². The Morgan fingerprint density at radius 1 is 1.00 bits per heavy atom. The maximum atomic E-state index is 13.2. The Kier molecular flexibility index (Phi) is 3.96. The summed E-state index contributed by atoms with van der Waals surface area (Å²) in [5.41, 5.74) is 1.44. The van der Waals surface area contributed by atoms with Gasteiger partial charge < -0.3 is 14.8 Å². The molecule has 0 fully saturated rings. The Bertz CT molecular complexity index is 679. The van der Waals surface area contributed by atoms with Crippen molar-refractivity contribution in [2.75, 3.05) is 18.5 Å². The number of fused-ring (bicyclic) bond motifs is 1. The van der Waals surface area contributed by atoms with Crippen molar-refractivity contribution in [1.29, 1.82) is 0 Å². The molecule has 3 nitrogen and oxygen atoms in total. The predicted octanol–water partition coefficient (Wildman–Crippen LogP) is 4.11. The largest absolute Gasteiger partial charge is 0.486 e. The number of anilines is 1. The van der Waals surface area contributed by atoms with Crippen LogP contribution in [0.5, 0.6) is 11.5 Å². The number of halogens is 3. The molecule has 0 amide bonds. The molecule has 2 aromatic carbocycles. The van der Waals surface area contributed by atoms with Crippen LogP contribution >= 0.6 is 15.9 Å². The summed E-state index contributed by atoms with van der Waals surface area (Å²) in [5.74, 6) is -0.349. The third-order valence-electron chi connectivity index (χ3n) is 3.10. The molecule has 0 bridgehead atoms. The van der Waals surface area contributed by atoms with Gasteiger partial charge in [-0.2, -0.15) is 0 Å². The van der Waals surface area contributed by atoms with Crippen molar-refractivity contribution in [1.82, 2.24) is 0 Å².